The van der Waals surface area contributed by atoms with Crippen LogP contribution in [-0.2, 0) is 0 Å². The van der Waals surface area contributed by atoms with Crippen LogP contribution in [0, 0.1) is 0 Å². The first-order valence-electron chi connectivity index (χ1n) is 10.0. The minimum absolute atomic E-state index is 0.0133. The molecule has 1 saturated heterocycles. The first-order valence-corrected chi connectivity index (χ1v) is 10.8. The monoisotopic (exact) mass is 392 g/mol. The van der Waals surface area contributed by atoms with E-state index >= 15 is 0 Å². The van der Waals surface area contributed by atoms with Crippen molar-refractivity contribution in [3.63, 3.8) is 0 Å². The van der Waals surface area contributed by atoms with Crippen LogP contribution in [0.25, 0.3) is 21.1 Å². The van der Waals surface area contributed by atoms with Gasteiger partial charge in [0.2, 0.25) is 0 Å². The number of H-pyrrole nitrogens is 1. The summed E-state index contributed by atoms with van der Waals surface area (Å²) in [5, 5.41) is 1.31. The first kappa shape index (κ1) is 17.6. The number of nitrogens with zero attached hydrogens (tertiary/aromatic N) is 3. The van der Waals surface area contributed by atoms with Crippen LogP contribution >= 0.6 is 11.5 Å². The largest absolute Gasteiger partial charge is 0.327 e. The molecule has 0 saturated carbocycles. The van der Waals surface area contributed by atoms with Gasteiger partial charge in [0, 0.05) is 24.4 Å². The number of rotatable bonds is 4. The van der Waals surface area contributed by atoms with Crippen molar-refractivity contribution in [1.82, 2.24) is 18.8 Å². The number of imidazole rings is 1. The summed E-state index contributed by atoms with van der Waals surface area (Å²) in [6.07, 6.45) is 3.17. The van der Waals surface area contributed by atoms with Crippen LogP contribution in [0.2, 0.25) is 0 Å². The van der Waals surface area contributed by atoms with Crippen molar-refractivity contribution in [1.29, 1.82) is 0 Å². The van der Waals surface area contributed by atoms with E-state index in [4.69, 9.17) is 4.37 Å². The zero-order valence-electron chi connectivity index (χ0n) is 16.0. The third-order valence-corrected chi connectivity index (χ3v) is 6.87. The van der Waals surface area contributed by atoms with Gasteiger partial charge >= 0.3 is 5.69 Å². The summed E-state index contributed by atoms with van der Waals surface area (Å²) >= 11 is 1.61. The van der Waals surface area contributed by atoms with Crippen molar-refractivity contribution in [2.45, 2.75) is 38.3 Å². The summed E-state index contributed by atoms with van der Waals surface area (Å²) in [4.78, 5) is 18.1. The van der Waals surface area contributed by atoms with Gasteiger partial charge in [0.15, 0.2) is 0 Å². The molecule has 1 aliphatic rings. The van der Waals surface area contributed by atoms with Crippen LogP contribution in [-0.4, -0.2) is 31.9 Å². The van der Waals surface area contributed by atoms with Gasteiger partial charge in [-0.2, -0.15) is 4.37 Å². The number of benzene rings is 2. The van der Waals surface area contributed by atoms with E-state index in [0.717, 1.165) is 43.4 Å². The summed E-state index contributed by atoms with van der Waals surface area (Å²) in [5.74, 6) is 0.504. The summed E-state index contributed by atoms with van der Waals surface area (Å²) in [6, 6.07) is 16.5. The van der Waals surface area contributed by atoms with Crippen LogP contribution in [0.15, 0.2) is 53.3 Å². The molecule has 1 N–H and O–H groups in total. The van der Waals surface area contributed by atoms with E-state index in [1.54, 1.807) is 11.5 Å². The molecule has 28 heavy (non-hydrogen) atoms. The average Bonchev–Trinajstić information content (AvgIpc) is 3.30. The molecule has 5 nitrogen and oxygen atoms in total. The number of para-hydroxylation sites is 2. The zero-order chi connectivity index (χ0) is 19.1. The van der Waals surface area contributed by atoms with E-state index in [1.165, 1.54) is 15.8 Å². The molecule has 3 heterocycles. The van der Waals surface area contributed by atoms with Gasteiger partial charge in [0.1, 0.15) is 0 Å². The maximum Gasteiger partial charge on any atom is 0.327 e. The number of fused-ring (bicyclic) bond motifs is 2. The molecule has 0 amide bonds. The summed E-state index contributed by atoms with van der Waals surface area (Å²) in [7, 11) is 0. The van der Waals surface area contributed by atoms with E-state index in [0.29, 0.717) is 5.92 Å². The van der Waals surface area contributed by atoms with Crippen LogP contribution in [0.4, 0.5) is 0 Å². The molecular formula is C22H24N4OS. The smallest absolute Gasteiger partial charge is 0.305 e. The van der Waals surface area contributed by atoms with E-state index < -0.39 is 0 Å². The van der Waals surface area contributed by atoms with Crippen molar-refractivity contribution in [3.8, 4) is 0 Å². The summed E-state index contributed by atoms with van der Waals surface area (Å²) < 4.78 is 7.99. The molecule has 5 rings (SSSR count). The van der Waals surface area contributed by atoms with Gasteiger partial charge in [-0.15, -0.1) is 0 Å². The fourth-order valence-corrected chi connectivity index (χ4v) is 5.50. The van der Waals surface area contributed by atoms with Gasteiger partial charge < -0.3 is 4.98 Å². The Morgan fingerprint density at radius 2 is 1.89 bits per heavy atom. The van der Waals surface area contributed by atoms with Crippen LogP contribution in [0.3, 0.4) is 0 Å². The molecule has 144 valence electrons. The van der Waals surface area contributed by atoms with E-state index in [-0.39, 0.29) is 11.9 Å². The van der Waals surface area contributed by atoms with Crippen molar-refractivity contribution >= 4 is 32.7 Å². The Morgan fingerprint density at radius 1 is 1.14 bits per heavy atom. The quantitative estimate of drug-likeness (QED) is 0.546. The second-order valence-electron chi connectivity index (χ2n) is 7.58. The number of likely N-dealkylation sites (tertiary alicyclic amines) is 1. The van der Waals surface area contributed by atoms with E-state index in [9.17, 15) is 4.79 Å². The van der Waals surface area contributed by atoms with Gasteiger partial charge in [0.25, 0.3) is 0 Å². The van der Waals surface area contributed by atoms with Crippen molar-refractivity contribution < 1.29 is 0 Å². The molecule has 0 bridgehead atoms. The maximum absolute atomic E-state index is 12.7. The predicted molar refractivity (Wildman–Crippen MR) is 115 cm³/mol. The van der Waals surface area contributed by atoms with Crippen LogP contribution < -0.4 is 5.69 Å². The molecule has 2 aromatic heterocycles. The van der Waals surface area contributed by atoms with Gasteiger partial charge in [-0.25, -0.2) is 4.79 Å². The van der Waals surface area contributed by atoms with Crippen molar-refractivity contribution in [2.75, 3.05) is 13.1 Å². The lowest BCUT2D eigenvalue weighted by Gasteiger charge is -2.37. The minimum Gasteiger partial charge on any atom is -0.305 e. The van der Waals surface area contributed by atoms with Crippen LogP contribution in [0.5, 0.6) is 0 Å². The Hall–Kier alpha value is -2.44. The average molecular weight is 393 g/mol. The molecule has 1 unspecified atom stereocenters. The molecule has 4 aromatic rings. The highest BCUT2D eigenvalue weighted by Crippen LogP contribution is 2.36. The molecule has 1 fully saturated rings. The van der Waals surface area contributed by atoms with Gasteiger partial charge in [-0.3, -0.25) is 9.47 Å². The number of hydrogen-bond acceptors (Lipinski definition) is 4. The Bertz CT molecular complexity index is 1170. The van der Waals surface area contributed by atoms with Crippen molar-refractivity contribution in [2.24, 2.45) is 0 Å². The SMILES string of the molecule is CCC(N1CCC(c2nsc3ccccc23)CC1)n1c(=O)[nH]c2ccccc21. The lowest BCUT2D eigenvalue weighted by molar-refractivity contribution is 0.101. The lowest BCUT2D eigenvalue weighted by Crippen LogP contribution is -2.41. The molecule has 0 radical (unpaired) electrons. The highest BCUT2D eigenvalue weighted by Gasteiger charge is 2.29. The van der Waals surface area contributed by atoms with E-state index in [1.807, 2.05) is 28.8 Å². The molecule has 6 heteroatoms. The van der Waals surface area contributed by atoms with Crippen molar-refractivity contribution in [3.05, 3.63) is 64.7 Å². The second kappa shape index (κ2) is 7.18. The lowest BCUT2D eigenvalue weighted by atomic mass is 9.91. The molecule has 0 aliphatic carbocycles. The Balaban J connectivity index is 1.39. The molecule has 1 atom stereocenters. The third-order valence-electron chi connectivity index (χ3n) is 6.03. The Kier molecular flexibility index (Phi) is 4.53. The van der Waals surface area contributed by atoms with Crippen LogP contribution in [0.1, 0.15) is 44.0 Å². The minimum atomic E-state index is -0.0133. The Morgan fingerprint density at radius 3 is 2.71 bits per heavy atom. The molecular weight excluding hydrogens is 368 g/mol. The van der Waals surface area contributed by atoms with E-state index in [2.05, 4.69) is 41.1 Å². The van der Waals surface area contributed by atoms with Gasteiger partial charge in [-0.05, 0) is 49.0 Å². The first-order chi connectivity index (χ1) is 13.8. The zero-order valence-corrected chi connectivity index (χ0v) is 16.8. The third kappa shape index (κ3) is 2.88. The number of nitrogens with one attached hydrogen (secondary N) is 1. The topological polar surface area (TPSA) is 53.9 Å². The standard InChI is InChI=1S/C22H24N4OS/c1-2-20(26-18-9-5-4-8-17(18)23-22(26)27)25-13-11-15(12-14-25)21-16-7-3-6-10-19(16)28-24-21/h3-10,15,20H,2,11-14H2,1H3,(H,23,27). The molecule has 2 aromatic carbocycles. The number of piperidine rings is 1. The summed E-state index contributed by atoms with van der Waals surface area (Å²) in [5.41, 5.74) is 3.15. The normalized spacial score (nSPS) is 17.5. The maximum atomic E-state index is 12.7. The predicted octanol–water partition coefficient (Wildman–Crippen LogP) is 4.73. The van der Waals surface area contributed by atoms with Gasteiger partial charge in [-0.1, -0.05) is 37.3 Å². The highest BCUT2D eigenvalue weighted by atomic mass is 32.1. The molecule has 0 spiro atoms. The summed E-state index contributed by atoms with van der Waals surface area (Å²) in [6.45, 7) is 4.14. The number of aromatic nitrogens is 3. The fraction of sp³-hybridized carbons (Fsp3) is 0.364. The Labute approximate surface area is 167 Å². The highest BCUT2D eigenvalue weighted by molar-refractivity contribution is 7.13. The number of aromatic amines is 1. The number of hydrogen-bond donors (Lipinski definition) is 1. The fourth-order valence-electron chi connectivity index (χ4n) is 4.64. The van der Waals surface area contributed by atoms with Gasteiger partial charge in [0.05, 0.1) is 27.6 Å². The molecule has 1 aliphatic heterocycles. The second-order valence-corrected chi connectivity index (χ2v) is 8.39.